The third-order valence-electron chi connectivity index (χ3n) is 17.6. The van der Waals surface area contributed by atoms with Crippen molar-refractivity contribution in [3.8, 4) is 85.1 Å². The Morgan fingerprint density at radius 1 is 0.221 bits per heavy atom. The minimum atomic E-state index is 0.757. The van der Waals surface area contributed by atoms with Gasteiger partial charge in [-0.1, -0.05) is 115 Å². The van der Waals surface area contributed by atoms with Crippen LogP contribution in [0.1, 0.15) is 0 Å². The molecule has 95 heavy (non-hydrogen) atoms. The molecule has 14 aromatic heterocycles. The molecule has 0 N–H and O–H groups in total. The van der Waals surface area contributed by atoms with Crippen LogP contribution in [0.4, 0.5) is 0 Å². The number of hydrogen-bond acceptors (Lipinski definition) is 11. The van der Waals surface area contributed by atoms with Crippen molar-refractivity contribution in [2.24, 2.45) is 0 Å². The lowest BCUT2D eigenvalue weighted by atomic mass is 9.98. The molecule has 0 aliphatic heterocycles. The van der Waals surface area contributed by atoms with E-state index >= 15 is 0 Å². The lowest BCUT2D eigenvalue weighted by molar-refractivity contribution is 1.07. The summed E-state index contributed by atoms with van der Waals surface area (Å²) in [6.45, 7) is 0. The molecule has 0 aliphatic rings. The molecule has 14 heteroatoms. The van der Waals surface area contributed by atoms with Gasteiger partial charge in [-0.2, -0.15) is 0 Å². The van der Waals surface area contributed by atoms with Gasteiger partial charge >= 0.3 is 0 Å². The molecule has 0 spiro atoms. The zero-order valence-corrected chi connectivity index (χ0v) is 50.6. The second kappa shape index (κ2) is 22.9. The fourth-order valence-electron chi connectivity index (χ4n) is 13.2. The number of para-hydroxylation sites is 3. The predicted octanol–water partition coefficient (Wildman–Crippen LogP) is 18.3. The topological polar surface area (TPSA) is 157 Å². The Morgan fingerprint density at radius 3 is 1.38 bits per heavy atom. The average Bonchev–Trinajstić information content (AvgIpc) is 1.67. The Balaban J connectivity index is 0.000000140. The highest BCUT2D eigenvalue weighted by atomic mass is 15.1. The molecule has 19 rings (SSSR count). The molecule has 14 nitrogen and oxygen atoms in total. The van der Waals surface area contributed by atoms with Crippen LogP contribution in [0.5, 0.6) is 0 Å². The Bertz CT molecular complexity index is 6020. The molecule has 0 fully saturated rings. The van der Waals surface area contributed by atoms with E-state index in [1.54, 1.807) is 12.4 Å². The van der Waals surface area contributed by atoms with Gasteiger partial charge in [0, 0.05) is 116 Å². The minimum Gasteiger partial charge on any atom is -0.309 e. The van der Waals surface area contributed by atoms with Crippen molar-refractivity contribution >= 4 is 87.2 Å². The van der Waals surface area contributed by atoms with Crippen LogP contribution < -0.4 is 0 Å². The van der Waals surface area contributed by atoms with Crippen LogP contribution in [-0.4, -0.2) is 68.5 Å². The van der Waals surface area contributed by atoms with E-state index in [0.717, 1.165) is 172 Å². The third kappa shape index (κ3) is 9.63. The Morgan fingerprint density at radius 2 is 0.737 bits per heavy atom. The maximum absolute atomic E-state index is 5.21. The number of rotatable bonds is 9. The first kappa shape index (κ1) is 54.6. The van der Waals surface area contributed by atoms with E-state index in [1.807, 2.05) is 122 Å². The van der Waals surface area contributed by atoms with E-state index in [2.05, 4.69) is 213 Å². The van der Waals surface area contributed by atoms with Gasteiger partial charge in [0.25, 0.3) is 0 Å². The normalized spacial score (nSPS) is 11.6. The lowest BCUT2D eigenvalue weighted by Crippen LogP contribution is -2.02. The average molecular weight is 1220 g/mol. The van der Waals surface area contributed by atoms with Crippen LogP contribution in [0.3, 0.4) is 0 Å². The summed E-state index contributed by atoms with van der Waals surface area (Å²) in [4.78, 5) is 52.6. The van der Waals surface area contributed by atoms with Crippen molar-refractivity contribution in [1.29, 1.82) is 0 Å². The van der Waals surface area contributed by atoms with Crippen LogP contribution in [0.25, 0.3) is 172 Å². The number of aromatic nitrogens is 14. The fraction of sp³-hybridized carbons (Fsp3) is 0. The molecule has 19 aromatic rings. The second-order valence-corrected chi connectivity index (χ2v) is 23.2. The number of hydrogen-bond donors (Lipinski definition) is 0. The van der Waals surface area contributed by atoms with Crippen molar-refractivity contribution in [1.82, 2.24) is 68.5 Å². The van der Waals surface area contributed by atoms with Crippen LogP contribution >= 0.6 is 0 Å². The van der Waals surface area contributed by atoms with Gasteiger partial charge in [0.2, 0.25) is 0 Å². The number of benzene rings is 5. The second-order valence-electron chi connectivity index (χ2n) is 23.2. The molecule has 0 radical (unpaired) electrons. The first-order valence-corrected chi connectivity index (χ1v) is 31.2. The fourth-order valence-corrected chi connectivity index (χ4v) is 13.2. The van der Waals surface area contributed by atoms with Gasteiger partial charge in [-0.25, -0.2) is 24.9 Å². The number of pyridine rings is 11. The Kier molecular flexibility index (Phi) is 13.1. The molecular formula is C81H50N14. The maximum atomic E-state index is 5.21. The van der Waals surface area contributed by atoms with Crippen molar-refractivity contribution in [2.75, 3.05) is 0 Å². The number of fused-ring (bicyclic) bond motifs is 12. The first-order chi connectivity index (χ1) is 47.1. The van der Waals surface area contributed by atoms with E-state index in [4.69, 9.17) is 24.9 Å². The summed E-state index contributed by atoms with van der Waals surface area (Å²) in [7, 11) is 0. The molecule has 0 saturated heterocycles. The Labute approximate surface area is 542 Å². The van der Waals surface area contributed by atoms with E-state index in [-0.39, 0.29) is 0 Å². The zero-order valence-electron chi connectivity index (χ0n) is 50.6. The molecule has 14 heterocycles. The largest absolute Gasteiger partial charge is 0.309 e. The molecule has 0 saturated carbocycles. The summed E-state index contributed by atoms with van der Waals surface area (Å²) in [6, 6.07) is 82.7. The predicted molar refractivity (Wildman–Crippen MR) is 379 cm³/mol. The lowest BCUT2D eigenvalue weighted by Gasteiger charge is -2.13. The van der Waals surface area contributed by atoms with E-state index in [1.165, 1.54) is 0 Å². The van der Waals surface area contributed by atoms with Crippen molar-refractivity contribution in [3.63, 3.8) is 0 Å². The van der Waals surface area contributed by atoms with Gasteiger partial charge in [-0.3, -0.25) is 39.0 Å². The summed E-state index contributed by atoms with van der Waals surface area (Å²) in [6.07, 6.45) is 18.6. The highest BCUT2D eigenvalue weighted by molar-refractivity contribution is 6.11. The molecule has 0 amide bonds. The van der Waals surface area contributed by atoms with Crippen molar-refractivity contribution in [2.45, 2.75) is 0 Å². The summed E-state index contributed by atoms with van der Waals surface area (Å²) in [5.74, 6) is 1.64. The zero-order chi connectivity index (χ0) is 62.8. The molecule has 0 unspecified atom stereocenters. The molecule has 0 aliphatic carbocycles. The molecule has 5 aromatic carbocycles. The third-order valence-corrected chi connectivity index (χ3v) is 17.6. The van der Waals surface area contributed by atoms with E-state index in [0.29, 0.717) is 0 Å². The smallest absolute Gasteiger partial charge is 0.138 e. The van der Waals surface area contributed by atoms with Crippen molar-refractivity contribution in [3.05, 3.63) is 305 Å². The molecule has 0 bridgehead atoms. The monoisotopic (exact) mass is 1220 g/mol. The van der Waals surface area contributed by atoms with E-state index in [9.17, 15) is 0 Å². The Hall–Kier alpha value is -13.3. The summed E-state index contributed by atoms with van der Waals surface area (Å²) in [5, 5.41) is 8.86. The van der Waals surface area contributed by atoms with Crippen LogP contribution in [0.15, 0.2) is 305 Å². The standard InChI is InChI=1S/C44H27N7.C37H23N7/c1-2-12-40-34(10-1)35-27-45-22-19-41(35)51(40)42-18-16-32(26-48-42)38-24-33(25-39(49-38)37-11-3-4-20-46-37)30-7-5-8-31(23-30)36-17-15-29-14-13-28-9-6-21-47-43(28)44(29)50-36;1-3-12-33-25(8-1)27-22-38-18-15-35(27)43(33)24-20-31(29-10-5-6-17-40-29)41-32(21-24)30-11-7-14-37(42-30)44-34-13-4-2-9-26(34)28-23-39-19-16-36(28)44/h1-27H;1-23H. The van der Waals surface area contributed by atoms with Gasteiger partial charge in [-0.15, -0.1) is 0 Å². The highest BCUT2D eigenvalue weighted by Gasteiger charge is 2.20. The van der Waals surface area contributed by atoms with Gasteiger partial charge in [0.1, 0.15) is 11.6 Å². The molecule has 444 valence electrons. The van der Waals surface area contributed by atoms with E-state index < -0.39 is 0 Å². The summed E-state index contributed by atoms with van der Waals surface area (Å²) in [5.41, 5.74) is 19.6. The SMILES string of the molecule is c1ccc(-c2cc(-c3cccc(-c4ccc5ccc6cccnc6c5n4)c3)cc(-c3ccc(-n4c5ccccc5c5cnccc54)nc3)n2)nc1.c1ccc(-c2cc(-n3c4ccccc4c4cnccc43)cc(-c3cccc(-n4c5ccccc5c5cnccc54)n3)n2)nc1. The summed E-state index contributed by atoms with van der Waals surface area (Å²) < 4.78 is 6.65. The van der Waals surface area contributed by atoms with Crippen LogP contribution in [-0.2, 0) is 0 Å². The molecule has 0 atom stereocenters. The quantitative estimate of drug-likeness (QED) is 0.127. The van der Waals surface area contributed by atoms with Gasteiger partial charge in [0.05, 0.1) is 95.4 Å². The first-order valence-electron chi connectivity index (χ1n) is 31.2. The number of nitrogens with zero attached hydrogens (tertiary/aromatic N) is 14. The van der Waals surface area contributed by atoms with Crippen LogP contribution in [0, 0.1) is 0 Å². The molecular weight excluding hydrogens is 1170 g/mol. The van der Waals surface area contributed by atoms with Gasteiger partial charge in [-0.05, 0) is 139 Å². The maximum Gasteiger partial charge on any atom is 0.138 e. The van der Waals surface area contributed by atoms with Crippen molar-refractivity contribution < 1.29 is 0 Å². The van der Waals surface area contributed by atoms with Crippen LogP contribution in [0.2, 0.25) is 0 Å². The summed E-state index contributed by atoms with van der Waals surface area (Å²) >= 11 is 0. The minimum absolute atomic E-state index is 0.757. The highest BCUT2D eigenvalue weighted by Crippen LogP contribution is 2.38. The van der Waals surface area contributed by atoms with Gasteiger partial charge in [0.15, 0.2) is 0 Å². The van der Waals surface area contributed by atoms with Gasteiger partial charge < -0.3 is 4.57 Å².